The fourth-order valence-corrected chi connectivity index (χ4v) is 6.23. The van der Waals surface area contributed by atoms with Crippen LogP contribution in [0.15, 0.2) is 66.7 Å². The molecule has 0 saturated carbocycles. The molecule has 3 N–H and O–H groups in total. The summed E-state index contributed by atoms with van der Waals surface area (Å²) >= 11 is 5.08. The summed E-state index contributed by atoms with van der Waals surface area (Å²) in [6, 6.07) is 17.0. The molecule has 3 aliphatic carbocycles. The Morgan fingerprint density at radius 3 is 1.71 bits per heavy atom. The number of likely N-dealkylation sites (N-methyl/N-ethyl adjacent to an activating group) is 1. The first-order valence-corrected chi connectivity index (χ1v) is 13.1. The van der Waals surface area contributed by atoms with Crippen molar-refractivity contribution in [3.8, 4) is 0 Å². The van der Waals surface area contributed by atoms with Gasteiger partial charge in [-0.15, -0.1) is 0 Å². The van der Waals surface area contributed by atoms with Crippen LogP contribution in [0.25, 0.3) is 0 Å². The zero-order valence-electron chi connectivity index (χ0n) is 21.9. The zero-order chi connectivity index (χ0) is 29.7. The second-order valence-corrected chi connectivity index (χ2v) is 10.8. The average Bonchev–Trinajstić information content (AvgIpc) is 2.90. The van der Waals surface area contributed by atoms with Crippen LogP contribution in [-0.2, 0) is 17.1 Å². The molecule has 0 fully saturated rings. The second-order valence-electron chi connectivity index (χ2n) is 10.4. The Morgan fingerprint density at radius 2 is 1.27 bits per heavy atom. The predicted octanol–water partition coefficient (Wildman–Crippen LogP) is 5.72. The van der Waals surface area contributed by atoms with Gasteiger partial charge in [0.2, 0.25) is 5.91 Å². The number of thiocarbonyl (C=S) groups is 1. The molecule has 2 bridgehead atoms. The van der Waals surface area contributed by atoms with E-state index >= 15 is 0 Å². The standard InChI is InChI=1S/C29H26F6N4OS/c1-39(2)26-24-20-9-5-3-7-18(20)23(19-8-4-6-10-21(19)24)25(26)38-22(40)14-36-27(41)37-17-12-15(28(30,31)32)11-16(13-17)29(33,34)35/h3-13,23-26H,14H2,1-2H3,(H,38,40)(H2,36,37,41)/t23?,24?,25-,26+/m0/s1. The van der Waals surface area contributed by atoms with Crippen LogP contribution < -0.4 is 16.0 Å². The molecule has 0 saturated heterocycles. The van der Waals surface area contributed by atoms with Crippen LogP contribution in [0.4, 0.5) is 32.0 Å². The number of hydrogen-bond donors (Lipinski definition) is 3. The summed E-state index contributed by atoms with van der Waals surface area (Å²) in [4.78, 5) is 15.2. The lowest BCUT2D eigenvalue weighted by Crippen LogP contribution is -2.61. The molecule has 0 spiro atoms. The summed E-state index contributed by atoms with van der Waals surface area (Å²) in [6.07, 6.45) is -9.99. The number of benzene rings is 3. The van der Waals surface area contributed by atoms with Gasteiger partial charge in [0.05, 0.1) is 23.7 Å². The van der Waals surface area contributed by atoms with Crippen molar-refractivity contribution in [1.29, 1.82) is 0 Å². The molecule has 5 nitrogen and oxygen atoms in total. The van der Waals surface area contributed by atoms with Gasteiger partial charge in [-0.1, -0.05) is 48.5 Å². The number of rotatable bonds is 5. The third-order valence-corrected chi connectivity index (χ3v) is 7.83. The van der Waals surface area contributed by atoms with Crippen LogP contribution in [0.2, 0.25) is 0 Å². The number of nitrogens with one attached hydrogen (secondary N) is 3. The molecule has 0 aliphatic heterocycles. The van der Waals surface area contributed by atoms with Gasteiger partial charge in [-0.3, -0.25) is 4.79 Å². The molecule has 0 radical (unpaired) electrons. The molecule has 3 aliphatic rings. The maximum Gasteiger partial charge on any atom is 0.416 e. The molecular weight excluding hydrogens is 566 g/mol. The number of halogens is 6. The predicted molar refractivity (Wildman–Crippen MR) is 147 cm³/mol. The van der Waals surface area contributed by atoms with Gasteiger partial charge >= 0.3 is 12.4 Å². The van der Waals surface area contributed by atoms with Crippen LogP contribution in [0, 0.1) is 0 Å². The largest absolute Gasteiger partial charge is 0.416 e. The highest BCUT2D eigenvalue weighted by molar-refractivity contribution is 7.80. The van der Waals surface area contributed by atoms with Gasteiger partial charge in [-0.05, 0) is 66.8 Å². The fraction of sp³-hybridized carbons (Fsp3) is 0.310. The summed E-state index contributed by atoms with van der Waals surface area (Å²) in [6.45, 7) is -0.339. The van der Waals surface area contributed by atoms with E-state index in [4.69, 9.17) is 12.2 Å². The Kier molecular flexibility index (Phi) is 7.49. The second kappa shape index (κ2) is 10.6. The molecule has 2 atom stereocenters. The van der Waals surface area contributed by atoms with E-state index in [0.717, 1.165) is 11.1 Å². The number of amides is 1. The summed E-state index contributed by atoms with van der Waals surface area (Å²) < 4.78 is 79.1. The minimum absolute atomic E-state index is 0.0205. The van der Waals surface area contributed by atoms with Crippen molar-refractivity contribution in [3.63, 3.8) is 0 Å². The highest BCUT2D eigenvalue weighted by Gasteiger charge is 2.51. The van der Waals surface area contributed by atoms with E-state index < -0.39 is 35.1 Å². The van der Waals surface area contributed by atoms with Crippen molar-refractivity contribution in [2.45, 2.75) is 36.3 Å². The van der Waals surface area contributed by atoms with E-state index in [-0.39, 0.29) is 41.6 Å². The molecule has 1 amide bonds. The van der Waals surface area contributed by atoms with Crippen molar-refractivity contribution in [2.24, 2.45) is 0 Å². The normalized spacial score (nSPS) is 21.2. The minimum atomic E-state index is -4.99. The van der Waals surface area contributed by atoms with Gasteiger partial charge < -0.3 is 20.9 Å². The van der Waals surface area contributed by atoms with E-state index in [1.165, 1.54) is 11.1 Å². The minimum Gasteiger partial charge on any atom is -0.353 e. The van der Waals surface area contributed by atoms with Gasteiger partial charge in [0, 0.05) is 23.6 Å². The van der Waals surface area contributed by atoms with Crippen molar-refractivity contribution in [2.75, 3.05) is 26.0 Å². The maximum absolute atomic E-state index is 13.2. The van der Waals surface area contributed by atoms with Gasteiger partial charge in [0.1, 0.15) is 0 Å². The zero-order valence-corrected chi connectivity index (χ0v) is 22.7. The first-order chi connectivity index (χ1) is 19.3. The van der Waals surface area contributed by atoms with Crippen molar-refractivity contribution < 1.29 is 31.1 Å². The Bertz CT molecular complexity index is 1410. The highest BCUT2D eigenvalue weighted by Crippen LogP contribution is 2.53. The molecule has 3 aromatic rings. The van der Waals surface area contributed by atoms with Crippen molar-refractivity contribution in [3.05, 3.63) is 100 Å². The number of carbonyl (C=O) groups is 1. The number of fused-ring (bicyclic) bond motifs is 1. The number of nitrogens with zero attached hydrogens (tertiary/aromatic N) is 1. The average molecular weight is 593 g/mol. The summed E-state index contributed by atoms with van der Waals surface area (Å²) in [7, 11) is 3.91. The third-order valence-electron chi connectivity index (χ3n) is 7.58. The first-order valence-electron chi connectivity index (χ1n) is 12.7. The van der Waals surface area contributed by atoms with E-state index in [1.807, 2.05) is 38.4 Å². The third kappa shape index (κ3) is 5.62. The van der Waals surface area contributed by atoms with Gasteiger partial charge in [-0.2, -0.15) is 26.3 Å². The molecule has 0 heterocycles. The van der Waals surface area contributed by atoms with Crippen LogP contribution in [0.5, 0.6) is 0 Å². The van der Waals surface area contributed by atoms with E-state index in [9.17, 15) is 31.1 Å². The van der Waals surface area contributed by atoms with E-state index in [0.29, 0.717) is 12.1 Å². The van der Waals surface area contributed by atoms with E-state index in [1.54, 1.807) is 0 Å². The van der Waals surface area contributed by atoms with Crippen LogP contribution in [0.1, 0.15) is 45.2 Å². The number of hydrogen-bond acceptors (Lipinski definition) is 3. The SMILES string of the molecule is CN(C)[C@@H]1C2c3ccccc3C(c3ccccc32)[C@@H]1NC(=O)CNC(=S)Nc1cc(C(F)(F)F)cc(C(F)(F)F)c1. The molecule has 3 aromatic carbocycles. The van der Waals surface area contributed by atoms with Gasteiger partial charge in [0.25, 0.3) is 0 Å². The van der Waals surface area contributed by atoms with Crippen LogP contribution in [-0.4, -0.2) is 48.6 Å². The Morgan fingerprint density at radius 1 is 0.805 bits per heavy atom. The summed E-state index contributed by atoms with van der Waals surface area (Å²) in [5.41, 5.74) is 1.24. The summed E-state index contributed by atoms with van der Waals surface area (Å²) in [5, 5.41) is 7.75. The Labute approximate surface area is 237 Å². The quantitative estimate of drug-likeness (QED) is 0.262. The smallest absolute Gasteiger partial charge is 0.353 e. The molecular formula is C29H26F6N4OS. The van der Waals surface area contributed by atoms with Crippen molar-refractivity contribution >= 4 is 28.9 Å². The maximum atomic E-state index is 13.2. The molecule has 6 rings (SSSR count). The molecule has 12 heteroatoms. The Hall–Kier alpha value is -3.64. The molecule has 216 valence electrons. The number of alkyl halides is 6. The fourth-order valence-electron chi connectivity index (χ4n) is 6.04. The first kappa shape index (κ1) is 28.9. The summed E-state index contributed by atoms with van der Waals surface area (Å²) in [5.74, 6) is -0.514. The topological polar surface area (TPSA) is 56.4 Å². The number of anilines is 1. The Balaban J connectivity index is 1.32. The molecule has 41 heavy (non-hydrogen) atoms. The molecule has 0 unspecified atom stereocenters. The lowest BCUT2D eigenvalue weighted by atomic mass is 9.59. The highest BCUT2D eigenvalue weighted by atomic mass is 32.1. The number of carbonyl (C=O) groups excluding carboxylic acids is 1. The van der Waals surface area contributed by atoms with Crippen LogP contribution >= 0.6 is 12.2 Å². The van der Waals surface area contributed by atoms with E-state index in [2.05, 4.69) is 45.1 Å². The van der Waals surface area contributed by atoms with Gasteiger partial charge in [0.15, 0.2) is 5.11 Å². The molecule has 0 aromatic heterocycles. The lowest BCUT2D eigenvalue weighted by Gasteiger charge is -2.53. The lowest BCUT2D eigenvalue weighted by molar-refractivity contribution is -0.143. The van der Waals surface area contributed by atoms with Crippen LogP contribution in [0.3, 0.4) is 0 Å². The van der Waals surface area contributed by atoms with Crippen molar-refractivity contribution in [1.82, 2.24) is 15.5 Å². The van der Waals surface area contributed by atoms with Gasteiger partial charge in [-0.25, -0.2) is 0 Å². The monoisotopic (exact) mass is 592 g/mol.